The van der Waals surface area contributed by atoms with E-state index in [-0.39, 0.29) is 18.3 Å². The van der Waals surface area contributed by atoms with Gasteiger partial charge in [-0.3, -0.25) is 4.79 Å². The molecule has 0 fully saturated rings. The topological polar surface area (TPSA) is 78.3 Å². The summed E-state index contributed by atoms with van der Waals surface area (Å²) in [5.41, 5.74) is 1.58. The molecule has 7 nitrogen and oxygen atoms in total. The van der Waals surface area contributed by atoms with Gasteiger partial charge in [-0.15, -0.1) is 10.2 Å². The predicted molar refractivity (Wildman–Crippen MR) is 114 cm³/mol. The standard InChI is InChI=1S/C20H21ClN4O3S/c1-13-10-14(21)8-9-16(13)28-11-18-23-24-20(25(18)2)29-12-19(26)22-15-6-4-5-7-17(15)27-3/h4-10H,11-12H2,1-3H3,(H,22,26). The highest BCUT2D eigenvalue weighted by Crippen LogP contribution is 2.25. The number of methoxy groups -OCH3 is 1. The molecule has 0 unspecified atom stereocenters. The molecular formula is C20H21ClN4O3S. The van der Waals surface area contributed by atoms with Gasteiger partial charge in [0.2, 0.25) is 5.91 Å². The predicted octanol–water partition coefficient (Wildman–Crippen LogP) is 4.10. The summed E-state index contributed by atoms with van der Waals surface area (Å²) in [5, 5.41) is 12.4. The number of anilines is 1. The lowest BCUT2D eigenvalue weighted by atomic mass is 10.2. The molecular weight excluding hydrogens is 412 g/mol. The first-order chi connectivity index (χ1) is 14.0. The number of ether oxygens (including phenoxy) is 2. The molecule has 3 aromatic rings. The fourth-order valence-corrected chi connectivity index (χ4v) is 3.53. The summed E-state index contributed by atoms with van der Waals surface area (Å²) in [4.78, 5) is 12.3. The Labute approximate surface area is 178 Å². The van der Waals surface area contributed by atoms with Gasteiger partial charge >= 0.3 is 0 Å². The number of amides is 1. The van der Waals surface area contributed by atoms with Crippen molar-refractivity contribution >= 4 is 35.0 Å². The highest BCUT2D eigenvalue weighted by Gasteiger charge is 2.13. The van der Waals surface area contributed by atoms with Crippen molar-refractivity contribution in [3.05, 3.63) is 58.9 Å². The minimum atomic E-state index is -0.155. The number of benzene rings is 2. The molecule has 0 atom stereocenters. The van der Waals surface area contributed by atoms with E-state index in [1.54, 1.807) is 25.3 Å². The second-order valence-corrected chi connectivity index (χ2v) is 7.57. The summed E-state index contributed by atoms with van der Waals surface area (Å²) in [5.74, 6) is 2.05. The third kappa shape index (κ3) is 5.42. The fourth-order valence-electron chi connectivity index (χ4n) is 2.58. The van der Waals surface area contributed by atoms with Gasteiger partial charge in [-0.1, -0.05) is 35.5 Å². The van der Waals surface area contributed by atoms with E-state index in [2.05, 4.69) is 15.5 Å². The van der Waals surface area contributed by atoms with Crippen LogP contribution in [0, 0.1) is 6.92 Å². The van der Waals surface area contributed by atoms with E-state index >= 15 is 0 Å². The molecule has 0 spiro atoms. The summed E-state index contributed by atoms with van der Waals surface area (Å²) < 4.78 is 12.9. The van der Waals surface area contributed by atoms with E-state index in [0.29, 0.717) is 27.4 Å². The van der Waals surface area contributed by atoms with Gasteiger partial charge in [-0.05, 0) is 42.8 Å². The van der Waals surface area contributed by atoms with Gasteiger partial charge in [0.1, 0.15) is 18.1 Å². The number of aromatic nitrogens is 3. The van der Waals surface area contributed by atoms with Crippen LogP contribution in [0.1, 0.15) is 11.4 Å². The number of nitrogens with one attached hydrogen (secondary N) is 1. The molecule has 3 rings (SSSR count). The van der Waals surface area contributed by atoms with Gasteiger partial charge in [0.15, 0.2) is 11.0 Å². The summed E-state index contributed by atoms with van der Waals surface area (Å²) in [6, 6.07) is 12.7. The zero-order chi connectivity index (χ0) is 20.8. The first-order valence-corrected chi connectivity index (χ1v) is 10.2. The Bertz CT molecular complexity index is 1010. The molecule has 0 radical (unpaired) electrons. The number of aryl methyl sites for hydroxylation is 1. The minimum absolute atomic E-state index is 0.155. The lowest BCUT2D eigenvalue weighted by Gasteiger charge is -2.10. The van der Waals surface area contributed by atoms with Crippen LogP contribution >= 0.6 is 23.4 Å². The van der Waals surface area contributed by atoms with Crippen LogP contribution in [0.15, 0.2) is 47.6 Å². The van der Waals surface area contributed by atoms with E-state index in [0.717, 1.165) is 11.3 Å². The monoisotopic (exact) mass is 432 g/mol. The highest BCUT2D eigenvalue weighted by atomic mass is 35.5. The maximum Gasteiger partial charge on any atom is 0.234 e. The van der Waals surface area contributed by atoms with Crippen molar-refractivity contribution in [2.75, 3.05) is 18.2 Å². The van der Waals surface area contributed by atoms with Crippen LogP contribution in [0.2, 0.25) is 5.02 Å². The Morgan fingerprint density at radius 2 is 2.00 bits per heavy atom. The second kappa shape index (κ2) is 9.67. The molecule has 9 heteroatoms. The van der Waals surface area contributed by atoms with E-state index < -0.39 is 0 Å². The van der Waals surface area contributed by atoms with Gasteiger partial charge < -0.3 is 19.4 Å². The molecule has 0 saturated carbocycles. The smallest absolute Gasteiger partial charge is 0.234 e. The summed E-state index contributed by atoms with van der Waals surface area (Å²) in [7, 11) is 3.41. The van der Waals surface area contributed by atoms with Crippen molar-refractivity contribution in [3.8, 4) is 11.5 Å². The van der Waals surface area contributed by atoms with Crippen LogP contribution in [-0.2, 0) is 18.4 Å². The zero-order valence-electron chi connectivity index (χ0n) is 16.3. The molecule has 0 aliphatic rings. The number of carbonyl (C=O) groups is 1. The van der Waals surface area contributed by atoms with Crippen LogP contribution in [-0.4, -0.2) is 33.5 Å². The normalized spacial score (nSPS) is 10.6. The first kappa shape index (κ1) is 21.0. The van der Waals surface area contributed by atoms with Crippen LogP contribution in [0.5, 0.6) is 11.5 Å². The molecule has 152 valence electrons. The first-order valence-electron chi connectivity index (χ1n) is 8.81. The van der Waals surface area contributed by atoms with Gasteiger partial charge in [0, 0.05) is 12.1 Å². The van der Waals surface area contributed by atoms with Gasteiger partial charge in [-0.2, -0.15) is 0 Å². The summed E-state index contributed by atoms with van der Waals surface area (Å²) in [6.45, 7) is 2.19. The lowest BCUT2D eigenvalue weighted by Crippen LogP contribution is -2.15. The van der Waals surface area contributed by atoms with Crippen LogP contribution in [0.3, 0.4) is 0 Å². The number of hydrogen-bond acceptors (Lipinski definition) is 6. The number of hydrogen-bond donors (Lipinski definition) is 1. The summed E-state index contributed by atoms with van der Waals surface area (Å²) in [6.07, 6.45) is 0. The molecule has 1 amide bonds. The number of rotatable bonds is 8. The SMILES string of the molecule is COc1ccccc1NC(=O)CSc1nnc(COc2ccc(Cl)cc2C)n1C. The van der Waals surface area contributed by atoms with E-state index in [1.165, 1.54) is 11.8 Å². The Morgan fingerprint density at radius 3 is 2.76 bits per heavy atom. The Balaban J connectivity index is 1.56. The molecule has 0 saturated heterocycles. The zero-order valence-corrected chi connectivity index (χ0v) is 17.9. The van der Waals surface area contributed by atoms with Crippen LogP contribution in [0.25, 0.3) is 0 Å². The van der Waals surface area contributed by atoms with Crippen molar-refractivity contribution in [1.29, 1.82) is 0 Å². The number of nitrogens with zero attached hydrogens (tertiary/aromatic N) is 3. The van der Waals surface area contributed by atoms with Crippen LogP contribution < -0.4 is 14.8 Å². The number of carbonyl (C=O) groups excluding carboxylic acids is 1. The Kier molecular flexibility index (Phi) is 7.00. The van der Waals surface area contributed by atoms with Gasteiger partial charge in [-0.25, -0.2) is 0 Å². The lowest BCUT2D eigenvalue weighted by molar-refractivity contribution is -0.113. The molecule has 1 N–H and O–H groups in total. The third-order valence-electron chi connectivity index (χ3n) is 4.13. The summed E-state index contributed by atoms with van der Waals surface area (Å²) >= 11 is 7.27. The number of para-hydroxylation sites is 2. The maximum absolute atomic E-state index is 12.3. The van der Waals surface area contributed by atoms with Gasteiger partial charge in [0.05, 0.1) is 18.6 Å². The number of halogens is 1. The molecule has 0 aliphatic carbocycles. The van der Waals surface area contributed by atoms with Gasteiger partial charge in [0.25, 0.3) is 0 Å². The largest absolute Gasteiger partial charge is 0.495 e. The second-order valence-electron chi connectivity index (χ2n) is 6.19. The number of thioether (sulfide) groups is 1. The van der Waals surface area contributed by atoms with Crippen molar-refractivity contribution < 1.29 is 14.3 Å². The average molecular weight is 433 g/mol. The van der Waals surface area contributed by atoms with Crippen molar-refractivity contribution in [1.82, 2.24) is 14.8 Å². The highest BCUT2D eigenvalue weighted by molar-refractivity contribution is 7.99. The third-order valence-corrected chi connectivity index (χ3v) is 5.39. The van der Waals surface area contributed by atoms with Crippen molar-refractivity contribution in [3.63, 3.8) is 0 Å². The van der Waals surface area contributed by atoms with Crippen LogP contribution in [0.4, 0.5) is 5.69 Å². The van der Waals surface area contributed by atoms with E-state index in [1.807, 2.05) is 42.8 Å². The molecule has 29 heavy (non-hydrogen) atoms. The quantitative estimate of drug-likeness (QED) is 0.540. The van der Waals surface area contributed by atoms with Crippen molar-refractivity contribution in [2.45, 2.75) is 18.7 Å². The average Bonchev–Trinajstić information content (AvgIpc) is 3.06. The van der Waals surface area contributed by atoms with E-state index in [9.17, 15) is 4.79 Å². The molecule has 2 aromatic carbocycles. The maximum atomic E-state index is 12.3. The molecule has 1 heterocycles. The Morgan fingerprint density at radius 1 is 1.21 bits per heavy atom. The fraction of sp³-hybridized carbons (Fsp3) is 0.250. The minimum Gasteiger partial charge on any atom is -0.495 e. The molecule has 0 bridgehead atoms. The molecule has 1 aromatic heterocycles. The van der Waals surface area contributed by atoms with Crippen molar-refractivity contribution in [2.24, 2.45) is 7.05 Å². The molecule has 0 aliphatic heterocycles. The Hall–Kier alpha value is -2.71. The van der Waals surface area contributed by atoms with E-state index in [4.69, 9.17) is 21.1 Å².